The summed E-state index contributed by atoms with van der Waals surface area (Å²) < 4.78 is 66.3. The largest absolute Gasteiger partial charge is 0.490 e. The molecule has 37 heavy (non-hydrogen) atoms. The molecule has 1 fully saturated rings. The first-order valence-corrected chi connectivity index (χ1v) is 11.7. The van der Waals surface area contributed by atoms with Gasteiger partial charge in [0.05, 0.1) is 31.1 Å². The lowest BCUT2D eigenvalue weighted by Gasteiger charge is -2.38. The maximum absolute atomic E-state index is 14.7. The van der Waals surface area contributed by atoms with Gasteiger partial charge in [0, 0.05) is 17.5 Å². The Labute approximate surface area is 211 Å². The number of allylic oxidation sites excluding steroid dienone is 4. The van der Waals surface area contributed by atoms with Gasteiger partial charge in [0.2, 0.25) is 5.78 Å². The smallest absolute Gasteiger partial charge is 0.416 e. The highest BCUT2D eigenvalue weighted by Gasteiger charge is 2.39. The molecule has 2 N–H and O–H groups in total. The van der Waals surface area contributed by atoms with Crippen molar-refractivity contribution in [2.24, 2.45) is 5.41 Å². The van der Waals surface area contributed by atoms with Crippen molar-refractivity contribution in [1.82, 2.24) is 0 Å². The van der Waals surface area contributed by atoms with Crippen molar-refractivity contribution in [2.75, 3.05) is 30.5 Å². The maximum Gasteiger partial charge on any atom is 0.416 e. The van der Waals surface area contributed by atoms with Crippen LogP contribution in [0, 0.1) is 11.2 Å². The van der Waals surface area contributed by atoms with Crippen LogP contribution >= 0.6 is 0 Å². The van der Waals surface area contributed by atoms with Crippen molar-refractivity contribution in [2.45, 2.75) is 32.9 Å². The summed E-state index contributed by atoms with van der Waals surface area (Å²) in [7, 11) is 0. The number of amides is 2. The van der Waals surface area contributed by atoms with Gasteiger partial charge in [0.25, 0.3) is 0 Å². The Morgan fingerprint density at radius 1 is 1.14 bits per heavy atom. The third-order valence-electron chi connectivity index (χ3n) is 6.11. The van der Waals surface area contributed by atoms with Crippen LogP contribution in [0.25, 0.3) is 5.57 Å². The molecule has 0 spiro atoms. The van der Waals surface area contributed by atoms with Crippen LogP contribution in [-0.4, -0.2) is 31.6 Å². The molecule has 0 aromatic heterocycles. The molecule has 2 aromatic carbocycles. The molecule has 2 amide bonds. The van der Waals surface area contributed by atoms with Gasteiger partial charge >= 0.3 is 12.2 Å². The van der Waals surface area contributed by atoms with Gasteiger partial charge in [0.1, 0.15) is 5.82 Å². The summed E-state index contributed by atoms with van der Waals surface area (Å²) in [5.74, 6) is -0.727. The second-order valence-corrected chi connectivity index (χ2v) is 9.35. The number of nitrogens with one attached hydrogen (secondary N) is 2. The van der Waals surface area contributed by atoms with Gasteiger partial charge in [-0.1, -0.05) is 25.1 Å². The second-order valence-electron chi connectivity index (χ2n) is 9.35. The minimum absolute atomic E-state index is 0.0776. The highest BCUT2D eigenvalue weighted by Crippen LogP contribution is 2.39. The Hall–Kier alpha value is -3.66. The lowest BCUT2D eigenvalue weighted by molar-refractivity contribution is -0.139. The lowest BCUT2D eigenvalue weighted by Crippen LogP contribution is -2.41. The van der Waals surface area contributed by atoms with Crippen LogP contribution in [-0.2, 0) is 26.9 Å². The van der Waals surface area contributed by atoms with Crippen LogP contribution in [0.3, 0.4) is 0 Å². The van der Waals surface area contributed by atoms with E-state index in [0.29, 0.717) is 31.0 Å². The highest BCUT2D eigenvalue weighted by atomic mass is 19.4. The zero-order valence-corrected chi connectivity index (χ0v) is 20.3. The monoisotopic (exact) mass is 518 g/mol. The fourth-order valence-corrected chi connectivity index (χ4v) is 4.23. The molecule has 0 unspecified atom stereocenters. The Morgan fingerprint density at radius 3 is 2.51 bits per heavy atom. The number of carbonyl (C=O) groups excluding carboxylic acids is 2. The van der Waals surface area contributed by atoms with E-state index >= 15 is 0 Å². The van der Waals surface area contributed by atoms with Crippen molar-refractivity contribution < 1.29 is 36.6 Å². The van der Waals surface area contributed by atoms with Crippen LogP contribution in [0.5, 0.6) is 0 Å². The van der Waals surface area contributed by atoms with Gasteiger partial charge in [0.15, 0.2) is 5.76 Å². The number of urea groups is 1. The number of alkyl halides is 3. The zero-order valence-electron chi connectivity index (χ0n) is 20.3. The van der Waals surface area contributed by atoms with Gasteiger partial charge in [-0.05, 0) is 60.4 Å². The molecule has 2 aromatic rings. The number of hydrogen-bond donors (Lipinski definition) is 2. The van der Waals surface area contributed by atoms with E-state index in [1.165, 1.54) is 30.3 Å². The average Bonchev–Trinajstić information content (AvgIpc) is 2.81. The van der Waals surface area contributed by atoms with Gasteiger partial charge < -0.3 is 20.1 Å². The van der Waals surface area contributed by atoms with E-state index in [1.54, 1.807) is 19.1 Å². The maximum atomic E-state index is 14.7. The van der Waals surface area contributed by atoms with Gasteiger partial charge in [-0.25, -0.2) is 9.18 Å². The van der Waals surface area contributed by atoms with Gasteiger partial charge in [-0.2, -0.15) is 13.2 Å². The fourth-order valence-electron chi connectivity index (χ4n) is 4.23. The van der Waals surface area contributed by atoms with E-state index < -0.39 is 23.6 Å². The summed E-state index contributed by atoms with van der Waals surface area (Å²) in [5, 5.41) is 4.65. The summed E-state index contributed by atoms with van der Waals surface area (Å²) in [6.07, 6.45) is -1.11. The summed E-state index contributed by atoms with van der Waals surface area (Å²) in [4.78, 5) is 24.3. The summed E-state index contributed by atoms with van der Waals surface area (Å²) in [5.41, 5.74) is -0.248. The molecule has 1 saturated heterocycles. The number of benzene rings is 2. The van der Waals surface area contributed by atoms with Gasteiger partial charge in [-0.15, -0.1) is 0 Å². The molecule has 0 radical (unpaired) electrons. The van der Waals surface area contributed by atoms with E-state index in [0.717, 1.165) is 6.07 Å². The number of carbonyl (C=O) groups is 2. The first kappa shape index (κ1) is 26.4. The highest BCUT2D eigenvalue weighted by molar-refractivity contribution is 6.02. The van der Waals surface area contributed by atoms with Crippen molar-refractivity contribution >= 4 is 28.8 Å². The molecule has 1 aliphatic carbocycles. The van der Waals surface area contributed by atoms with Crippen LogP contribution in [0.2, 0.25) is 0 Å². The molecule has 10 heteroatoms. The topological polar surface area (TPSA) is 76.7 Å². The molecule has 196 valence electrons. The third kappa shape index (κ3) is 6.19. The molecule has 6 nitrogen and oxygen atoms in total. The van der Waals surface area contributed by atoms with E-state index in [4.69, 9.17) is 9.47 Å². The van der Waals surface area contributed by atoms with Crippen molar-refractivity contribution in [1.29, 1.82) is 0 Å². The minimum Gasteiger partial charge on any atom is -0.490 e. The molecule has 0 atom stereocenters. The second kappa shape index (κ2) is 10.4. The van der Waals surface area contributed by atoms with Crippen molar-refractivity contribution in [3.63, 3.8) is 0 Å². The average molecular weight is 519 g/mol. The van der Waals surface area contributed by atoms with E-state index in [9.17, 15) is 27.2 Å². The molecule has 1 aliphatic heterocycles. The lowest BCUT2D eigenvalue weighted by atomic mass is 9.80. The number of hydrogen-bond acceptors (Lipinski definition) is 4. The SMILES string of the molecule is CCOC1=CC(c2ccc(NC(=O)Nc3ccc(CC4(C)COC4)c(C(F)(F)F)c3)c(F)c2)=CCC1=O. The molecule has 1 heterocycles. The first-order chi connectivity index (χ1) is 17.5. The van der Waals surface area contributed by atoms with Crippen LogP contribution < -0.4 is 10.6 Å². The number of ether oxygens (including phenoxy) is 2. The van der Waals surface area contributed by atoms with Crippen LogP contribution in [0.1, 0.15) is 37.0 Å². The Morgan fingerprint density at radius 2 is 1.89 bits per heavy atom. The quantitative estimate of drug-likeness (QED) is 0.419. The molecule has 0 saturated carbocycles. The van der Waals surface area contributed by atoms with E-state index in [2.05, 4.69) is 10.6 Å². The summed E-state index contributed by atoms with van der Waals surface area (Å²) in [6.45, 7) is 4.70. The van der Waals surface area contributed by atoms with Gasteiger partial charge in [-0.3, -0.25) is 4.79 Å². The van der Waals surface area contributed by atoms with Crippen molar-refractivity contribution in [3.05, 3.63) is 76.8 Å². The predicted octanol–water partition coefficient (Wildman–Crippen LogP) is 6.34. The molecular weight excluding hydrogens is 492 g/mol. The molecule has 2 aliphatic rings. The predicted molar refractivity (Wildman–Crippen MR) is 130 cm³/mol. The number of halogens is 4. The van der Waals surface area contributed by atoms with E-state index in [1.807, 2.05) is 6.92 Å². The van der Waals surface area contributed by atoms with Crippen LogP contribution in [0.15, 0.2) is 54.3 Å². The standard InChI is InChI=1S/C27H26F4N2O4/c1-3-37-24-11-17(6-9-23(24)34)16-5-8-22(21(28)10-16)33-25(35)32-19-7-4-18(13-26(2)14-36-15-26)20(12-19)27(29,30)31/h4-8,10-12H,3,9,13-15H2,1-2H3,(H2,32,33,35). The van der Waals surface area contributed by atoms with Crippen molar-refractivity contribution in [3.8, 4) is 0 Å². The Bertz CT molecular complexity index is 1280. The minimum atomic E-state index is -4.61. The Balaban J connectivity index is 1.46. The van der Waals surface area contributed by atoms with E-state index in [-0.39, 0.29) is 46.7 Å². The summed E-state index contributed by atoms with van der Waals surface area (Å²) >= 11 is 0. The summed E-state index contributed by atoms with van der Waals surface area (Å²) in [6, 6.07) is 6.78. The molecule has 4 rings (SSSR count). The number of Topliss-reactive ketones (excluding diaryl/α,β-unsaturated/α-hetero) is 1. The number of rotatable bonds is 7. The molecule has 0 bridgehead atoms. The zero-order chi connectivity index (χ0) is 26.8. The number of ketones is 1. The van der Waals surface area contributed by atoms with Crippen LogP contribution in [0.4, 0.5) is 33.7 Å². The fraction of sp³-hybridized carbons (Fsp3) is 0.333. The molecular formula is C27H26F4N2O4. The Kier molecular flexibility index (Phi) is 7.40. The number of anilines is 2. The normalized spacial score (nSPS) is 16.9. The first-order valence-electron chi connectivity index (χ1n) is 11.7. The third-order valence-corrected chi connectivity index (χ3v) is 6.11.